The highest BCUT2D eigenvalue weighted by molar-refractivity contribution is 7.09. The summed E-state index contributed by atoms with van der Waals surface area (Å²) in [5.41, 5.74) is 1.00. The van der Waals surface area contributed by atoms with Crippen LogP contribution in [0.2, 0.25) is 0 Å². The Morgan fingerprint density at radius 2 is 1.67 bits per heavy atom. The standard InChI is InChI=1S/C16H13NO3S/c18-15-14(21-16(19)17-15)10-11-6-8-13(9-7-11)20-12-4-2-1-3-5-12/h1-9,18H,10H2,(H,17,19). The van der Waals surface area contributed by atoms with E-state index in [2.05, 4.69) is 4.98 Å². The molecule has 1 heterocycles. The third-order valence-corrected chi connectivity index (χ3v) is 3.84. The average molecular weight is 299 g/mol. The zero-order valence-electron chi connectivity index (χ0n) is 11.1. The quantitative estimate of drug-likeness (QED) is 0.774. The van der Waals surface area contributed by atoms with Gasteiger partial charge in [0.1, 0.15) is 11.5 Å². The summed E-state index contributed by atoms with van der Waals surface area (Å²) >= 11 is 1.02. The number of aromatic amines is 1. The minimum atomic E-state index is -0.244. The van der Waals surface area contributed by atoms with Gasteiger partial charge in [-0.2, -0.15) is 0 Å². The molecule has 4 nitrogen and oxygen atoms in total. The number of aromatic hydroxyl groups is 1. The molecule has 3 aromatic rings. The van der Waals surface area contributed by atoms with E-state index < -0.39 is 0 Å². The van der Waals surface area contributed by atoms with E-state index in [0.717, 1.165) is 28.4 Å². The lowest BCUT2D eigenvalue weighted by Crippen LogP contribution is -1.89. The fraction of sp³-hybridized carbons (Fsp3) is 0.0625. The fourth-order valence-electron chi connectivity index (χ4n) is 1.96. The van der Waals surface area contributed by atoms with Crippen LogP contribution in [0.4, 0.5) is 0 Å². The van der Waals surface area contributed by atoms with Gasteiger partial charge in [-0.3, -0.25) is 9.78 Å². The first-order valence-corrected chi connectivity index (χ1v) is 7.25. The van der Waals surface area contributed by atoms with Gasteiger partial charge in [-0.15, -0.1) is 0 Å². The Morgan fingerprint density at radius 1 is 1.00 bits per heavy atom. The maximum absolute atomic E-state index is 11.1. The van der Waals surface area contributed by atoms with Gasteiger partial charge in [0.05, 0.1) is 4.88 Å². The molecule has 0 aliphatic heterocycles. The van der Waals surface area contributed by atoms with E-state index in [4.69, 9.17) is 4.74 Å². The Hall–Kier alpha value is -2.53. The van der Waals surface area contributed by atoms with Gasteiger partial charge in [-0.05, 0) is 29.8 Å². The van der Waals surface area contributed by atoms with Crippen molar-refractivity contribution in [1.82, 2.24) is 4.98 Å². The Kier molecular flexibility index (Phi) is 3.75. The molecule has 0 atom stereocenters. The lowest BCUT2D eigenvalue weighted by molar-refractivity contribution is 0.451. The van der Waals surface area contributed by atoms with Crippen molar-refractivity contribution >= 4 is 11.3 Å². The van der Waals surface area contributed by atoms with Gasteiger partial charge in [-0.1, -0.05) is 41.7 Å². The smallest absolute Gasteiger partial charge is 0.307 e. The molecule has 0 amide bonds. The first kappa shape index (κ1) is 13.5. The number of ether oxygens (including phenoxy) is 1. The number of aromatic nitrogens is 1. The summed E-state index contributed by atoms with van der Waals surface area (Å²) in [5, 5.41) is 9.57. The molecule has 0 saturated heterocycles. The molecule has 106 valence electrons. The number of H-pyrrole nitrogens is 1. The Balaban J connectivity index is 1.72. The third kappa shape index (κ3) is 3.32. The van der Waals surface area contributed by atoms with E-state index in [1.165, 1.54) is 0 Å². The number of benzene rings is 2. The Morgan fingerprint density at radius 3 is 2.29 bits per heavy atom. The summed E-state index contributed by atoms with van der Waals surface area (Å²) in [7, 11) is 0. The van der Waals surface area contributed by atoms with Crippen LogP contribution in [0, 0.1) is 0 Å². The second kappa shape index (κ2) is 5.85. The minimum Gasteiger partial charge on any atom is -0.494 e. The van der Waals surface area contributed by atoms with E-state index in [1.54, 1.807) is 0 Å². The normalized spacial score (nSPS) is 10.5. The van der Waals surface area contributed by atoms with Gasteiger partial charge in [0.25, 0.3) is 0 Å². The van der Waals surface area contributed by atoms with Crippen LogP contribution >= 0.6 is 11.3 Å². The molecular weight excluding hydrogens is 286 g/mol. The summed E-state index contributed by atoms with van der Waals surface area (Å²) in [6, 6.07) is 17.1. The van der Waals surface area contributed by atoms with Crippen LogP contribution in [0.3, 0.4) is 0 Å². The molecule has 0 radical (unpaired) electrons. The topological polar surface area (TPSA) is 62.3 Å². The van der Waals surface area contributed by atoms with Crippen LogP contribution in [0.1, 0.15) is 10.4 Å². The first-order chi connectivity index (χ1) is 10.2. The number of nitrogens with one attached hydrogen (secondary N) is 1. The highest BCUT2D eigenvalue weighted by Crippen LogP contribution is 2.24. The van der Waals surface area contributed by atoms with Gasteiger partial charge >= 0.3 is 4.87 Å². The van der Waals surface area contributed by atoms with Crippen molar-refractivity contribution in [2.75, 3.05) is 0 Å². The largest absolute Gasteiger partial charge is 0.494 e. The molecule has 0 aliphatic carbocycles. The van der Waals surface area contributed by atoms with Crippen molar-refractivity contribution < 1.29 is 9.84 Å². The third-order valence-electron chi connectivity index (χ3n) is 2.97. The van der Waals surface area contributed by atoms with Gasteiger partial charge in [0, 0.05) is 6.42 Å². The van der Waals surface area contributed by atoms with Crippen LogP contribution in [-0.2, 0) is 6.42 Å². The lowest BCUT2D eigenvalue weighted by atomic mass is 10.1. The molecular formula is C16H13NO3S. The van der Waals surface area contributed by atoms with E-state index >= 15 is 0 Å². The molecule has 21 heavy (non-hydrogen) atoms. The van der Waals surface area contributed by atoms with Crippen molar-refractivity contribution in [3.05, 3.63) is 74.7 Å². The summed E-state index contributed by atoms with van der Waals surface area (Å²) in [6.07, 6.45) is 0.515. The summed E-state index contributed by atoms with van der Waals surface area (Å²) in [6.45, 7) is 0. The van der Waals surface area contributed by atoms with Gasteiger partial charge in [0.15, 0.2) is 0 Å². The molecule has 0 spiro atoms. The van der Waals surface area contributed by atoms with Crippen LogP contribution in [0.25, 0.3) is 0 Å². The van der Waals surface area contributed by atoms with Gasteiger partial charge < -0.3 is 9.84 Å². The zero-order valence-corrected chi connectivity index (χ0v) is 11.9. The van der Waals surface area contributed by atoms with E-state index in [1.807, 2.05) is 54.6 Å². The fourth-order valence-corrected chi connectivity index (χ4v) is 2.72. The molecule has 0 aliphatic rings. The van der Waals surface area contributed by atoms with Crippen LogP contribution in [0.15, 0.2) is 59.4 Å². The second-order valence-corrected chi connectivity index (χ2v) is 5.59. The van der Waals surface area contributed by atoms with Crippen molar-refractivity contribution in [3.8, 4) is 17.4 Å². The lowest BCUT2D eigenvalue weighted by Gasteiger charge is -2.06. The van der Waals surface area contributed by atoms with Crippen molar-refractivity contribution in [3.63, 3.8) is 0 Å². The van der Waals surface area contributed by atoms with Crippen LogP contribution in [-0.4, -0.2) is 10.1 Å². The SMILES string of the molecule is O=c1[nH]c(O)c(Cc2ccc(Oc3ccccc3)cc2)s1. The maximum atomic E-state index is 11.1. The Labute approximate surface area is 125 Å². The molecule has 0 fully saturated rings. The molecule has 0 saturated carbocycles. The molecule has 2 aromatic carbocycles. The van der Waals surface area contributed by atoms with Crippen molar-refractivity contribution in [2.24, 2.45) is 0 Å². The molecule has 0 bridgehead atoms. The van der Waals surface area contributed by atoms with Gasteiger partial charge in [-0.25, -0.2) is 0 Å². The number of hydrogen-bond donors (Lipinski definition) is 2. The summed E-state index contributed by atoms with van der Waals surface area (Å²) in [5.74, 6) is 1.48. The summed E-state index contributed by atoms with van der Waals surface area (Å²) < 4.78 is 5.71. The predicted molar refractivity (Wildman–Crippen MR) is 82.4 cm³/mol. The highest BCUT2D eigenvalue weighted by Gasteiger charge is 2.07. The summed E-state index contributed by atoms with van der Waals surface area (Å²) in [4.78, 5) is 13.9. The van der Waals surface area contributed by atoms with Crippen molar-refractivity contribution in [2.45, 2.75) is 6.42 Å². The van der Waals surface area contributed by atoms with Crippen LogP contribution in [0.5, 0.6) is 17.4 Å². The molecule has 5 heteroatoms. The molecule has 1 aromatic heterocycles. The number of hydrogen-bond acceptors (Lipinski definition) is 4. The Bertz CT molecular complexity index is 775. The number of thiazole rings is 1. The number of para-hydroxylation sites is 1. The average Bonchev–Trinajstić information content (AvgIpc) is 2.80. The highest BCUT2D eigenvalue weighted by atomic mass is 32.1. The maximum Gasteiger partial charge on any atom is 0.307 e. The minimum absolute atomic E-state index is 0.0467. The number of rotatable bonds is 4. The molecule has 2 N–H and O–H groups in total. The van der Waals surface area contributed by atoms with Crippen molar-refractivity contribution in [1.29, 1.82) is 0 Å². The van der Waals surface area contributed by atoms with Gasteiger partial charge in [0.2, 0.25) is 5.88 Å². The first-order valence-electron chi connectivity index (χ1n) is 6.43. The zero-order chi connectivity index (χ0) is 14.7. The van der Waals surface area contributed by atoms with Crippen LogP contribution < -0.4 is 9.61 Å². The van der Waals surface area contributed by atoms with E-state index in [0.29, 0.717) is 11.3 Å². The van der Waals surface area contributed by atoms with E-state index in [-0.39, 0.29) is 10.8 Å². The van der Waals surface area contributed by atoms with E-state index in [9.17, 15) is 9.90 Å². The molecule has 3 rings (SSSR count). The predicted octanol–water partition coefficient (Wildman–Crippen LogP) is 3.53. The second-order valence-electron chi connectivity index (χ2n) is 4.52. The molecule has 0 unspecified atom stereocenters. The monoisotopic (exact) mass is 299 g/mol.